The van der Waals surface area contributed by atoms with Crippen molar-refractivity contribution < 1.29 is 33.8 Å². The fourth-order valence-corrected chi connectivity index (χ4v) is 4.60. The lowest BCUT2D eigenvalue weighted by Gasteiger charge is -2.24. The Labute approximate surface area is 317 Å². The van der Waals surface area contributed by atoms with Crippen molar-refractivity contribution in [2.75, 3.05) is 26.0 Å². The molecule has 0 aliphatic carbocycles. The summed E-state index contributed by atoms with van der Waals surface area (Å²) in [6.07, 6.45) is 5.20. The fraction of sp³-hybridized carbons (Fsp3) is 0.868. The van der Waals surface area contributed by atoms with Gasteiger partial charge in [-0.25, -0.2) is 4.79 Å². The van der Waals surface area contributed by atoms with Crippen molar-refractivity contribution in [2.45, 2.75) is 172 Å². The first-order chi connectivity index (χ1) is 23.8. The number of hydrogen-bond donors (Lipinski definition) is 7. The van der Waals surface area contributed by atoms with Gasteiger partial charge >= 0.3 is 6.09 Å². The molecule has 0 aliphatic rings. The van der Waals surface area contributed by atoms with Gasteiger partial charge in [0, 0.05) is 38.6 Å². The van der Waals surface area contributed by atoms with Crippen molar-refractivity contribution in [3.63, 3.8) is 0 Å². The average Bonchev–Trinajstić information content (AvgIpc) is 3.03. The summed E-state index contributed by atoms with van der Waals surface area (Å²) < 4.78 is 5.32. The van der Waals surface area contributed by atoms with E-state index in [0.29, 0.717) is 31.7 Å². The number of unbranched alkanes of at least 4 members (excludes halogenated alkanes) is 1. The molecule has 0 aliphatic heterocycles. The Balaban J connectivity index is -0.00000126. The predicted octanol–water partition coefficient (Wildman–Crippen LogP) is 6.15. The molecule has 0 saturated carbocycles. The summed E-state index contributed by atoms with van der Waals surface area (Å²) in [7, 11) is 1.00. The molecule has 0 rings (SSSR count). The smallest absolute Gasteiger partial charge is 0.407 e. The van der Waals surface area contributed by atoms with Crippen LogP contribution in [0.2, 0.25) is 0 Å². The van der Waals surface area contributed by atoms with Gasteiger partial charge in [0.2, 0.25) is 23.6 Å². The van der Waals surface area contributed by atoms with Crippen molar-refractivity contribution >= 4 is 42.4 Å². The van der Waals surface area contributed by atoms with Gasteiger partial charge in [0.1, 0.15) is 11.6 Å². The van der Waals surface area contributed by atoms with Gasteiger partial charge in [-0.1, -0.05) is 75.7 Å². The van der Waals surface area contributed by atoms with E-state index in [1.54, 1.807) is 20.8 Å². The van der Waals surface area contributed by atoms with Crippen LogP contribution >= 0.6 is 12.6 Å². The summed E-state index contributed by atoms with van der Waals surface area (Å²) in [5.74, 6) is 0.528. The molecule has 0 bridgehead atoms. The number of nitrogens with one attached hydrogen (secondary N) is 5. The second-order valence-corrected chi connectivity index (χ2v) is 14.8. The Morgan fingerprint density at radius 2 is 1.25 bits per heavy atom. The topological polar surface area (TPSA) is 175 Å². The standard InChI is InChI=1S/C32H61N5O6.C3H8S.C2H6.CH4O/c1-11-12-16-33-30(41)29(23(6)7)37-26(38)15-13-14-24(17-21(2)3)35-28(40)20-34-27(39)19-25(18-22(4)5)36-31(42)43-32(8,9)10;1-2-3-4;2*1-2/h21-25,29H,11-20H2,1-10H3,(H,33,41)(H,34,39)(H,35,40)(H,36,42)(H,37,38);4H,2-3H2,1H3;1-2H3;2H,1H3/t24-,25+,29+;;;/m1.../s1. The summed E-state index contributed by atoms with van der Waals surface area (Å²) in [5.41, 5.74) is -0.649. The Morgan fingerprint density at radius 1 is 0.725 bits per heavy atom. The van der Waals surface area contributed by atoms with Crippen molar-refractivity contribution in [1.82, 2.24) is 26.6 Å². The summed E-state index contributed by atoms with van der Waals surface area (Å²) in [6.45, 7) is 25.8. The van der Waals surface area contributed by atoms with Gasteiger partial charge < -0.3 is 36.4 Å². The molecule has 6 N–H and O–H groups in total. The summed E-state index contributed by atoms with van der Waals surface area (Å²) in [6, 6.07) is -1.16. The van der Waals surface area contributed by atoms with E-state index >= 15 is 0 Å². The van der Waals surface area contributed by atoms with Gasteiger partial charge in [-0.2, -0.15) is 12.6 Å². The van der Waals surface area contributed by atoms with Gasteiger partial charge in [-0.15, -0.1) is 0 Å². The second kappa shape index (κ2) is 34.5. The van der Waals surface area contributed by atoms with Gasteiger partial charge in [0.05, 0.1) is 6.54 Å². The molecule has 0 radical (unpaired) electrons. The third-order valence-electron chi connectivity index (χ3n) is 6.75. The van der Waals surface area contributed by atoms with Crippen LogP contribution in [0.25, 0.3) is 0 Å². The first-order valence-electron chi connectivity index (χ1n) is 19.0. The number of thiol groups is 1. The van der Waals surface area contributed by atoms with Crippen molar-refractivity contribution in [1.29, 1.82) is 0 Å². The van der Waals surface area contributed by atoms with E-state index in [9.17, 15) is 24.0 Å². The SMILES string of the molecule is CC.CCCCNC(=O)[C@@H](NC(=O)CCC[C@H](CC(C)C)NC(=O)CNC(=O)C[C@H](CC(C)C)NC(=O)OC(C)(C)C)C(C)C.CCCS.CO. The minimum absolute atomic E-state index is 0.0310. The number of aliphatic hydroxyl groups excluding tert-OH is 1. The fourth-order valence-electron chi connectivity index (χ4n) is 4.60. The molecule has 0 heterocycles. The van der Waals surface area contributed by atoms with Crippen molar-refractivity contribution in [3.05, 3.63) is 0 Å². The van der Waals surface area contributed by atoms with E-state index in [1.807, 2.05) is 41.5 Å². The quantitative estimate of drug-likeness (QED) is 0.0544. The number of aliphatic hydroxyl groups is 1. The van der Waals surface area contributed by atoms with Crippen LogP contribution in [0.15, 0.2) is 0 Å². The maximum absolute atomic E-state index is 12.7. The average molecular weight is 750 g/mol. The lowest BCUT2D eigenvalue weighted by molar-refractivity contribution is -0.130. The van der Waals surface area contributed by atoms with E-state index in [0.717, 1.165) is 32.1 Å². The summed E-state index contributed by atoms with van der Waals surface area (Å²) >= 11 is 3.92. The van der Waals surface area contributed by atoms with E-state index in [4.69, 9.17) is 9.84 Å². The molecule has 0 aromatic heterocycles. The zero-order valence-corrected chi connectivity index (χ0v) is 35.7. The molecular formula is C38H79N5O7S. The molecule has 3 atom stereocenters. The molecule has 0 aromatic carbocycles. The molecule has 0 aromatic rings. The largest absolute Gasteiger partial charge is 0.444 e. The molecular weight excluding hydrogens is 671 g/mol. The molecule has 0 fully saturated rings. The number of carbonyl (C=O) groups is 5. The van der Waals surface area contributed by atoms with Crippen LogP contribution in [-0.4, -0.2) is 84.5 Å². The molecule has 13 heteroatoms. The Kier molecular flexibility index (Phi) is 37.4. The van der Waals surface area contributed by atoms with E-state index in [1.165, 1.54) is 6.42 Å². The highest BCUT2D eigenvalue weighted by molar-refractivity contribution is 7.80. The van der Waals surface area contributed by atoms with E-state index < -0.39 is 23.8 Å². The zero-order chi connectivity index (χ0) is 40.6. The second-order valence-electron chi connectivity index (χ2n) is 14.4. The van der Waals surface area contributed by atoms with Gasteiger partial charge in [-0.3, -0.25) is 19.2 Å². The van der Waals surface area contributed by atoms with Crippen molar-refractivity contribution in [3.8, 4) is 0 Å². The molecule has 5 amide bonds. The number of hydrogen-bond acceptors (Lipinski definition) is 8. The molecule has 304 valence electrons. The normalized spacial score (nSPS) is 12.4. The van der Waals surface area contributed by atoms with Crippen LogP contribution in [0.4, 0.5) is 4.79 Å². The Hall–Kier alpha value is -2.54. The van der Waals surface area contributed by atoms with Crippen molar-refractivity contribution in [2.24, 2.45) is 17.8 Å². The molecule has 0 saturated heterocycles. The highest BCUT2D eigenvalue weighted by Gasteiger charge is 2.25. The maximum Gasteiger partial charge on any atom is 0.407 e. The molecule has 12 nitrogen and oxygen atoms in total. The molecule has 51 heavy (non-hydrogen) atoms. The highest BCUT2D eigenvalue weighted by atomic mass is 32.1. The summed E-state index contributed by atoms with van der Waals surface area (Å²) in [4.78, 5) is 62.7. The third-order valence-corrected chi connectivity index (χ3v) is 7.20. The van der Waals surface area contributed by atoms with Gasteiger partial charge in [-0.05, 0) is 82.8 Å². The first-order valence-corrected chi connectivity index (χ1v) is 19.7. The van der Waals surface area contributed by atoms with Gasteiger partial charge in [0.25, 0.3) is 0 Å². The van der Waals surface area contributed by atoms with Crippen LogP contribution in [-0.2, 0) is 23.9 Å². The first kappa shape index (κ1) is 55.2. The number of carbonyl (C=O) groups excluding carboxylic acids is 5. The number of rotatable bonds is 21. The Morgan fingerprint density at radius 3 is 1.71 bits per heavy atom. The molecule has 0 spiro atoms. The summed E-state index contributed by atoms with van der Waals surface area (Å²) in [5, 5.41) is 21.2. The van der Waals surface area contributed by atoms with E-state index in [2.05, 4.69) is 66.9 Å². The monoisotopic (exact) mass is 750 g/mol. The minimum Gasteiger partial charge on any atom is -0.444 e. The number of amides is 5. The lowest BCUT2D eigenvalue weighted by atomic mass is 9.98. The molecule has 0 unspecified atom stereocenters. The van der Waals surface area contributed by atoms with Crippen LogP contribution in [0.1, 0.15) is 148 Å². The van der Waals surface area contributed by atoms with Crippen LogP contribution in [0, 0.1) is 17.8 Å². The zero-order valence-electron chi connectivity index (χ0n) is 34.8. The Bertz CT molecular complexity index is 910. The van der Waals surface area contributed by atoms with Gasteiger partial charge in [0.15, 0.2) is 0 Å². The van der Waals surface area contributed by atoms with E-state index in [-0.39, 0.29) is 60.9 Å². The predicted molar refractivity (Wildman–Crippen MR) is 214 cm³/mol. The maximum atomic E-state index is 12.7. The van der Waals surface area contributed by atoms with Crippen LogP contribution in [0.5, 0.6) is 0 Å². The minimum atomic E-state index is -0.649. The highest BCUT2D eigenvalue weighted by Crippen LogP contribution is 2.13. The third kappa shape index (κ3) is 37.0. The van der Waals surface area contributed by atoms with Crippen LogP contribution < -0.4 is 26.6 Å². The van der Waals surface area contributed by atoms with Crippen LogP contribution in [0.3, 0.4) is 0 Å². The number of alkyl carbamates (subject to hydrolysis) is 1. The lowest BCUT2D eigenvalue weighted by Crippen LogP contribution is -2.49. The number of ether oxygens (including phenoxy) is 1.